The van der Waals surface area contributed by atoms with E-state index in [0.717, 1.165) is 30.9 Å². The molecule has 0 bridgehead atoms. The summed E-state index contributed by atoms with van der Waals surface area (Å²) in [6.07, 6.45) is 7.21. The van der Waals surface area contributed by atoms with Crippen LogP contribution in [0.1, 0.15) is 36.8 Å². The molecular weight excluding hydrogens is 370 g/mol. The van der Waals surface area contributed by atoms with Gasteiger partial charge in [0.05, 0.1) is 33.9 Å². The molecule has 2 aromatic rings. The molecule has 3 rings (SSSR count). The Morgan fingerprint density at radius 1 is 1.00 bits per heavy atom. The van der Waals surface area contributed by atoms with Crippen LogP contribution in [-0.2, 0) is 12.8 Å². The summed E-state index contributed by atoms with van der Waals surface area (Å²) in [7, 11) is 4.01. The van der Waals surface area contributed by atoms with Crippen molar-refractivity contribution in [3.05, 3.63) is 59.7 Å². The number of unbranched alkanes of at least 4 members (excludes halogenated alkanes) is 1. The first-order chi connectivity index (χ1) is 13.2. The van der Waals surface area contributed by atoms with Gasteiger partial charge in [-0.15, -0.1) is 0 Å². The molecule has 1 N–H and O–H groups in total. The topological polar surface area (TPSA) is 22.9 Å². The van der Waals surface area contributed by atoms with E-state index in [1.165, 1.54) is 49.9 Å². The lowest BCUT2D eigenvalue weighted by atomic mass is 9.99. The average molecular weight is 404 g/mol. The molecule has 0 spiro atoms. The van der Waals surface area contributed by atoms with Gasteiger partial charge in [0.1, 0.15) is 11.5 Å². The fourth-order valence-corrected chi connectivity index (χ4v) is 4.03. The lowest BCUT2D eigenvalue weighted by molar-refractivity contribution is -0.888. The van der Waals surface area contributed by atoms with Crippen LogP contribution in [0.4, 0.5) is 0 Å². The van der Waals surface area contributed by atoms with Gasteiger partial charge in [0.2, 0.25) is 0 Å². The second kappa shape index (κ2) is 12.0. The molecule has 0 radical (unpaired) electrons. The lowest BCUT2D eigenvalue weighted by Crippen LogP contribution is -3.10. The molecule has 1 aliphatic heterocycles. The van der Waals surface area contributed by atoms with Gasteiger partial charge in [-0.1, -0.05) is 30.3 Å². The highest BCUT2D eigenvalue weighted by atomic mass is 35.5. The summed E-state index contributed by atoms with van der Waals surface area (Å²) in [5, 5.41) is 0. The molecule has 1 fully saturated rings. The van der Waals surface area contributed by atoms with Crippen molar-refractivity contribution in [3.63, 3.8) is 0 Å². The van der Waals surface area contributed by atoms with Crippen molar-refractivity contribution in [2.75, 3.05) is 33.9 Å². The molecule has 154 valence electrons. The molecular formula is C24H34ClNO2. The zero-order chi connectivity index (χ0) is 18.9. The Bertz CT molecular complexity index is 689. The van der Waals surface area contributed by atoms with E-state index < -0.39 is 0 Å². The van der Waals surface area contributed by atoms with E-state index in [4.69, 9.17) is 9.47 Å². The largest absolute Gasteiger partial charge is 1.00 e. The number of methoxy groups -OCH3 is 1. The Hall–Kier alpha value is -1.71. The van der Waals surface area contributed by atoms with Crippen molar-refractivity contribution < 1.29 is 26.8 Å². The van der Waals surface area contributed by atoms with E-state index in [1.807, 2.05) is 12.1 Å². The summed E-state index contributed by atoms with van der Waals surface area (Å²) < 4.78 is 11.5. The number of ether oxygens (including phenoxy) is 2. The first kappa shape index (κ1) is 22.6. The molecule has 0 aromatic heterocycles. The van der Waals surface area contributed by atoms with Gasteiger partial charge in [-0.05, 0) is 67.9 Å². The maximum absolute atomic E-state index is 6.24. The molecule has 2 unspecified atom stereocenters. The first-order valence-corrected chi connectivity index (χ1v) is 10.4. The van der Waals surface area contributed by atoms with Crippen LogP contribution in [0.25, 0.3) is 0 Å². The summed E-state index contributed by atoms with van der Waals surface area (Å²) in [6.45, 7) is 3.41. The summed E-state index contributed by atoms with van der Waals surface area (Å²) in [6, 6.07) is 17.0. The average Bonchev–Trinajstić information content (AvgIpc) is 2.71. The third-order valence-electron chi connectivity index (χ3n) is 5.62. The van der Waals surface area contributed by atoms with Gasteiger partial charge in [-0.3, -0.25) is 0 Å². The molecule has 1 heterocycles. The van der Waals surface area contributed by atoms with Gasteiger partial charge >= 0.3 is 0 Å². The summed E-state index contributed by atoms with van der Waals surface area (Å²) in [4.78, 5) is 1.64. The number of aryl methyl sites for hydroxylation is 2. The highest BCUT2D eigenvalue weighted by Crippen LogP contribution is 2.22. The second-order valence-corrected chi connectivity index (χ2v) is 7.89. The van der Waals surface area contributed by atoms with E-state index in [1.54, 1.807) is 12.0 Å². The fourth-order valence-electron chi connectivity index (χ4n) is 4.03. The zero-order valence-electron chi connectivity index (χ0n) is 17.3. The van der Waals surface area contributed by atoms with Crippen molar-refractivity contribution in [1.82, 2.24) is 0 Å². The molecule has 0 aliphatic carbocycles. The maximum Gasteiger partial charge on any atom is 0.122 e. The van der Waals surface area contributed by atoms with Gasteiger partial charge < -0.3 is 26.8 Å². The number of piperidine rings is 1. The molecule has 1 saturated heterocycles. The van der Waals surface area contributed by atoms with Crippen molar-refractivity contribution in [3.8, 4) is 11.5 Å². The van der Waals surface area contributed by atoms with Crippen LogP contribution in [0.2, 0.25) is 0 Å². The fraction of sp³-hybridized carbons (Fsp3) is 0.500. The number of para-hydroxylation sites is 1. The van der Waals surface area contributed by atoms with Crippen LogP contribution in [0.3, 0.4) is 0 Å². The number of halogens is 1. The number of benzene rings is 2. The van der Waals surface area contributed by atoms with E-state index in [-0.39, 0.29) is 12.4 Å². The quantitative estimate of drug-likeness (QED) is 0.618. The van der Waals surface area contributed by atoms with Crippen molar-refractivity contribution >= 4 is 0 Å². The van der Waals surface area contributed by atoms with Gasteiger partial charge in [-0.25, -0.2) is 0 Å². The zero-order valence-corrected chi connectivity index (χ0v) is 18.0. The van der Waals surface area contributed by atoms with Crippen molar-refractivity contribution in [1.29, 1.82) is 0 Å². The standard InChI is InChI=1S/C24H33NO2.ClH/c1-25-17-7-9-21(18-25)19-27-24-12-6-5-11-22(24)10-4-3-8-20-13-15-23(26-2)16-14-20;/h5-6,11-16,21H,3-4,7-10,17-19H2,1-2H3;1H. The van der Waals surface area contributed by atoms with E-state index >= 15 is 0 Å². The molecule has 1 aliphatic rings. The molecule has 28 heavy (non-hydrogen) atoms. The Labute approximate surface area is 176 Å². The number of hydrogen-bond acceptors (Lipinski definition) is 2. The van der Waals surface area contributed by atoms with Crippen molar-refractivity contribution in [2.24, 2.45) is 5.92 Å². The predicted octanol–water partition coefficient (Wildman–Crippen LogP) is 0.568. The van der Waals surface area contributed by atoms with Crippen molar-refractivity contribution in [2.45, 2.75) is 38.5 Å². The van der Waals surface area contributed by atoms with Gasteiger partial charge in [0.15, 0.2) is 0 Å². The van der Waals surface area contributed by atoms with Gasteiger partial charge in [0.25, 0.3) is 0 Å². The van der Waals surface area contributed by atoms with Crippen LogP contribution in [-0.4, -0.2) is 33.9 Å². The second-order valence-electron chi connectivity index (χ2n) is 7.89. The molecule has 4 heteroatoms. The Morgan fingerprint density at radius 3 is 2.50 bits per heavy atom. The third-order valence-corrected chi connectivity index (χ3v) is 5.62. The highest BCUT2D eigenvalue weighted by Gasteiger charge is 2.21. The minimum atomic E-state index is 0. The third kappa shape index (κ3) is 7.03. The van der Waals surface area contributed by atoms with Gasteiger partial charge in [0, 0.05) is 5.92 Å². The molecule has 3 nitrogen and oxygen atoms in total. The van der Waals surface area contributed by atoms with E-state index in [2.05, 4.69) is 43.4 Å². The molecule has 2 aromatic carbocycles. The first-order valence-electron chi connectivity index (χ1n) is 10.4. The summed E-state index contributed by atoms with van der Waals surface area (Å²) >= 11 is 0. The number of likely N-dealkylation sites (tertiary alicyclic amines) is 1. The highest BCUT2D eigenvalue weighted by molar-refractivity contribution is 5.33. The number of quaternary nitrogens is 1. The lowest BCUT2D eigenvalue weighted by Gasteiger charge is -2.27. The molecule has 2 atom stereocenters. The van der Waals surface area contributed by atoms with Gasteiger partial charge in [-0.2, -0.15) is 0 Å². The number of hydrogen-bond donors (Lipinski definition) is 1. The molecule has 0 saturated carbocycles. The van der Waals surface area contributed by atoms with E-state index in [9.17, 15) is 0 Å². The number of nitrogens with one attached hydrogen (secondary N) is 1. The SMILES string of the molecule is COc1ccc(CCCCc2ccccc2OCC2CCC[NH+](C)C2)cc1.[Cl-]. The number of rotatable bonds is 9. The Balaban J connectivity index is 0.00000280. The smallest absolute Gasteiger partial charge is 0.122 e. The summed E-state index contributed by atoms with van der Waals surface area (Å²) in [5.74, 6) is 2.71. The van der Waals surface area contributed by atoms with Crippen LogP contribution in [0.15, 0.2) is 48.5 Å². The minimum absolute atomic E-state index is 0. The Kier molecular flexibility index (Phi) is 9.66. The molecule has 0 amide bonds. The maximum atomic E-state index is 6.24. The minimum Gasteiger partial charge on any atom is -1.00 e. The van der Waals surface area contributed by atoms with Crippen LogP contribution in [0.5, 0.6) is 11.5 Å². The van der Waals surface area contributed by atoms with Crippen LogP contribution >= 0.6 is 0 Å². The van der Waals surface area contributed by atoms with Crippen LogP contribution < -0.4 is 26.8 Å². The normalized spacial score (nSPS) is 18.9. The predicted molar refractivity (Wildman–Crippen MR) is 111 cm³/mol. The monoisotopic (exact) mass is 403 g/mol. The van der Waals surface area contributed by atoms with E-state index in [0.29, 0.717) is 5.92 Å². The summed E-state index contributed by atoms with van der Waals surface area (Å²) in [5.41, 5.74) is 2.73. The Morgan fingerprint density at radius 2 is 1.75 bits per heavy atom. The van der Waals surface area contributed by atoms with Crippen LogP contribution in [0, 0.1) is 5.92 Å².